The first-order chi connectivity index (χ1) is 13.6. The first-order valence-corrected chi connectivity index (χ1v) is 9.73. The molecule has 1 aromatic heterocycles. The SMILES string of the molecule is CCCc1ccc(C(=O)Nc2cccc(Oc3cccc(CC)c3)c2)c(C)n1. The van der Waals surface area contributed by atoms with Gasteiger partial charge in [0, 0.05) is 17.4 Å². The molecule has 1 N–H and O–H groups in total. The van der Waals surface area contributed by atoms with Crippen molar-refractivity contribution >= 4 is 11.6 Å². The second-order valence-corrected chi connectivity index (χ2v) is 6.77. The number of hydrogen-bond acceptors (Lipinski definition) is 3. The van der Waals surface area contributed by atoms with Crippen molar-refractivity contribution < 1.29 is 9.53 Å². The molecule has 0 saturated carbocycles. The van der Waals surface area contributed by atoms with Gasteiger partial charge in [0.1, 0.15) is 11.5 Å². The molecule has 3 aromatic rings. The number of anilines is 1. The fourth-order valence-corrected chi connectivity index (χ4v) is 3.05. The van der Waals surface area contributed by atoms with Gasteiger partial charge in [0.15, 0.2) is 0 Å². The zero-order valence-electron chi connectivity index (χ0n) is 16.7. The Kier molecular flexibility index (Phi) is 6.43. The van der Waals surface area contributed by atoms with E-state index in [1.165, 1.54) is 5.56 Å². The third-order valence-electron chi connectivity index (χ3n) is 4.53. The number of rotatable bonds is 7. The molecule has 0 spiro atoms. The predicted molar refractivity (Wildman–Crippen MR) is 113 cm³/mol. The van der Waals surface area contributed by atoms with Gasteiger partial charge < -0.3 is 10.1 Å². The molecule has 0 aliphatic rings. The molecule has 0 atom stereocenters. The Morgan fingerprint density at radius 1 is 1.00 bits per heavy atom. The summed E-state index contributed by atoms with van der Waals surface area (Å²) in [5.41, 5.74) is 4.25. The largest absolute Gasteiger partial charge is 0.457 e. The van der Waals surface area contributed by atoms with Crippen LogP contribution >= 0.6 is 0 Å². The monoisotopic (exact) mass is 374 g/mol. The Bertz CT molecular complexity index is 966. The Hall–Kier alpha value is -3.14. The molecule has 0 fully saturated rings. The number of ether oxygens (including phenoxy) is 1. The Morgan fingerprint density at radius 3 is 2.46 bits per heavy atom. The molecule has 1 amide bonds. The van der Waals surface area contributed by atoms with Crippen LogP contribution in [0.1, 0.15) is 47.6 Å². The van der Waals surface area contributed by atoms with Crippen molar-refractivity contribution in [3.05, 3.63) is 83.2 Å². The second kappa shape index (κ2) is 9.18. The number of benzene rings is 2. The van der Waals surface area contributed by atoms with Crippen molar-refractivity contribution in [1.29, 1.82) is 0 Å². The molecule has 0 radical (unpaired) electrons. The van der Waals surface area contributed by atoms with Crippen molar-refractivity contribution in [3.63, 3.8) is 0 Å². The fraction of sp³-hybridized carbons (Fsp3) is 0.250. The van der Waals surface area contributed by atoms with Crippen molar-refractivity contribution in [2.45, 2.75) is 40.0 Å². The summed E-state index contributed by atoms with van der Waals surface area (Å²) in [6, 6.07) is 19.2. The van der Waals surface area contributed by atoms with Gasteiger partial charge in [0.05, 0.1) is 11.3 Å². The van der Waals surface area contributed by atoms with Gasteiger partial charge in [-0.3, -0.25) is 9.78 Å². The maximum atomic E-state index is 12.7. The normalized spacial score (nSPS) is 10.5. The Balaban J connectivity index is 1.72. The van der Waals surface area contributed by atoms with Crippen LogP contribution in [0, 0.1) is 6.92 Å². The van der Waals surface area contributed by atoms with Crippen LogP contribution in [0.25, 0.3) is 0 Å². The molecule has 0 aliphatic heterocycles. The van der Waals surface area contributed by atoms with Crippen LogP contribution in [0.5, 0.6) is 11.5 Å². The molecule has 0 unspecified atom stereocenters. The van der Waals surface area contributed by atoms with E-state index in [-0.39, 0.29) is 5.91 Å². The lowest BCUT2D eigenvalue weighted by atomic mass is 10.1. The van der Waals surface area contributed by atoms with E-state index in [0.29, 0.717) is 17.0 Å². The highest BCUT2D eigenvalue weighted by Crippen LogP contribution is 2.25. The van der Waals surface area contributed by atoms with Gasteiger partial charge in [-0.15, -0.1) is 0 Å². The molecule has 3 rings (SSSR count). The maximum absolute atomic E-state index is 12.7. The first kappa shape index (κ1) is 19.6. The highest BCUT2D eigenvalue weighted by atomic mass is 16.5. The Morgan fingerprint density at radius 2 is 1.75 bits per heavy atom. The Labute approximate surface area is 166 Å². The molecule has 4 nitrogen and oxygen atoms in total. The molecule has 1 heterocycles. The number of aromatic nitrogens is 1. The summed E-state index contributed by atoms with van der Waals surface area (Å²) in [5.74, 6) is 1.30. The molecule has 28 heavy (non-hydrogen) atoms. The summed E-state index contributed by atoms with van der Waals surface area (Å²) in [6.45, 7) is 6.10. The molecular weight excluding hydrogens is 348 g/mol. The third kappa shape index (κ3) is 4.97. The van der Waals surface area contributed by atoms with Crippen molar-refractivity contribution in [2.75, 3.05) is 5.32 Å². The number of hydrogen-bond donors (Lipinski definition) is 1. The van der Waals surface area contributed by atoms with Gasteiger partial charge in [-0.25, -0.2) is 0 Å². The van der Waals surface area contributed by atoms with Gasteiger partial charge in [0.25, 0.3) is 5.91 Å². The van der Waals surface area contributed by atoms with Crippen molar-refractivity contribution in [1.82, 2.24) is 4.98 Å². The zero-order chi connectivity index (χ0) is 19.9. The minimum atomic E-state index is -0.168. The van der Waals surface area contributed by atoms with E-state index in [0.717, 1.165) is 36.4 Å². The van der Waals surface area contributed by atoms with Gasteiger partial charge in [-0.05, 0) is 61.7 Å². The lowest BCUT2D eigenvalue weighted by Gasteiger charge is -2.11. The number of carbonyl (C=O) groups excluding carboxylic acids is 1. The molecule has 0 bridgehead atoms. The molecule has 4 heteroatoms. The van der Waals surface area contributed by atoms with E-state index >= 15 is 0 Å². The van der Waals surface area contributed by atoms with Crippen molar-refractivity contribution in [2.24, 2.45) is 0 Å². The highest BCUT2D eigenvalue weighted by molar-refractivity contribution is 6.05. The van der Waals surface area contributed by atoms with E-state index < -0.39 is 0 Å². The highest BCUT2D eigenvalue weighted by Gasteiger charge is 2.11. The molecule has 0 saturated heterocycles. The van der Waals surface area contributed by atoms with E-state index in [1.807, 2.05) is 61.5 Å². The van der Waals surface area contributed by atoms with Crippen LogP contribution < -0.4 is 10.1 Å². The molecule has 2 aromatic carbocycles. The van der Waals surface area contributed by atoms with Gasteiger partial charge in [0.2, 0.25) is 0 Å². The smallest absolute Gasteiger partial charge is 0.257 e. The predicted octanol–water partition coefficient (Wildman–Crippen LogP) is 5.95. The quantitative estimate of drug-likeness (QED) is 0.556. The average Bonchev–Trinajstić information content (AvgIpc) is 2.68. The summed E-state index contributed by atoms with van der Waals surface area (Å²) in [6.07, 6.45) is 2.91. The second-order valence-electron chi connectivity index (χ2n) is 6.77. The molecule has 144 valence electrons. The summed E-state index contributed by atoms with van der Waals surface area (Å²) < 4.78 is 5.95. The van der Waals surface area contributed by atoms with E-state index in [2.05, 4.69) is 30.2 Å². The van der Waals surface area contributed by atoms with Crippen LogP contribution in [0.4, 0.5) is 5.69 Å². The van der Waals surface area contributed by atoms with E-state index in [4.69, 9.17) is 4.74 Å². The first-order valence-electron chi connectivity index (χ1n) is 9.73. The van der Waals surface area contributed by atoms with Crippen molar-refractivity contribution in [3.8, 4) is 11.5 Å². The number of nitrogens with one attached hydrogen (secondary N) is 1. The van der Waals surface area contributed by atoms with E-state index in [1.54, 1.807) is 0 Å². The maximum Gasteiger partial charge on any atom is 0.257 e. The lowest BCUT2D eigenvalue weighted by Crippen LogP contribution is -2.14. The summed E-state index contributed by atoms with van der Waals surface area (Å²) in [7, 11) is 0. The lowest BCUT2D eigenvalue weighted by molar-refractivity contribution is 0.102. The number of aryl methyl sites for hydroxylation is 3. The number of pyridine rings is 1. The van der Waals surface area contributed by atoms with Crippen LogP contribution in [-0.2, 0) is 12.8 Å². The summed E-state index contributed by atoms with van der Waals surface area (Å²) in [5, 5.41) is 2.94. The topological polar surface area (TPSA) is 51.2 Å². The minimum absolute atomic E-state index is 0.168. The van der Waals surface area contributed by atoms with Crippen LogP contribution in [0.2, 0.25) is 0 Å². The number of carbonyl (C=O) groups is 1. The van der Waals surface area contributed by atoms with Crippen LogP contribution in [0.15, 0.2) is 60.7 Å². The fourth-order valence-electron chi connectivity index (χ4n) is 3.05. The third-order valence-corrected chi connectivity index (χ3v) is 4.53. The zero-order valence-corrected chi connectivity index (χ0v) is 16.7. The number of amides is 1. The number of nitrogens with zero attached hydrogens (tertiary/aromatic N) is 1. The molecule has 0 aliphatic carbocycles. The minimum Gasteiger partial charge on any atom is -0.457 e. The van der Waals surface area contributed by atoms with Crippen LogP contribution in [-0.4, -0.2) is 10.9 Å². The molecular formula is C24H26N2O2. The van der Waals surface area contributed by atoms with E-state index in [9.17, 15) is 4.79 Å². The van der Waals surface area contributed by atoms with Gasteiger partial charge in [-0.1, -0.05) is 38.5 Å². The van der Waals surface area contributed by atoms with Crippen LogP contribution in [0.3, 0.4) is 0 Å². The summed E-state index contributed by atoms with van der Waals surface area (Å²) in [4.78, 5) is 17.2. The summed E-state index contributed by atoms with van der Waals surface area (Å²) >= 11 is 0. The van der Waals surface area contributed by atoms with Gasteiger partial charge >= 0.3 is 0 Å². The average molecular weight is 374 g/mol. The van der Waals surface area contributed by atoms with Gasteiger partial charge in [-0.2, -0.15) is 0 Å². The standard InChI is InChI=1S/C24H26N2O2/c1-4-8-19-13-14-23(17(3)25-19)24(27)26-20-10-7-12-22(16-20)28-21-11-6-9-18(5-2)15-21/h6-7,9-16H,4-5,8H2,1-3H3,(H,26,27).